The summed E-state index contributed by atoms with van der Waals surface area (Å²) in [6.45, 7) is 9.38. The number of benzene rings is 3. The molecule has 354 valence electrons. The number of nitrogens with zero attached hydrogens (tertiary/aromatic N) is 4. The number of carboxylic acid groups (broad SMARTS) is 1. The summed E-state index contributed by atoms with van der Waals surface area (Å²) in [5, 5.41) is 17.1. The standard InChI is InChI=1S/C50H60N8O9/c1-25-16-31(17-26(2)66-25)42(55-49(61)62)47(59)57-14-6-8-39(57)45-51-23-38(53-45)30-10-12-34-33(20-30)24-65-41-22-35-29(21-36(34)41)11-13-37-44(35)54-46(52-37)40-9-7-15-58(40)48(60)43(56-50(63)64-5)32-18-27(3)67-28(4)19-32/h10-13,20-23,25-28,31-32,39-40,42-43,55H,6-9,14-19,24H2,1-5H3,(H,51,53)(H,52,54)(H,56,63)(H,61,62)/t25-,26-,27-,28-,39+,40+,42+,43+/m1/s1. The van der Waals surface area contributed by atoms with Crippen molar-refractivity contribution in [2.75, 3.05) is 20.2 Å². The maximum Gasteiger partial charge on any atom is 0.407 e. The van der Waals surface area contributed by atoms with Gasteiger partial charge in [-0.2, -0.15) is 0 Å². The lowest BCUT2D eigenvalue weighted by molar-refractivity contribution is -0.139. The number of imidazole rings is 2. The van der Waals surface area contributed by atoms with Crippen LogP contribution in [0.1, 0.15) is 108 Å². The van der Waals surface area contributed by atoms with E-state index in [9.17, 15) is 24.3 Å². The molecular weight excluding hydrogens is 857 g/mol. The third-order valence-corrected chi connectivity index (χ3v) is 14.7. The van der Waals surface area contributed by atoms with Gasteiger partial charge in [-0.25, -0.2) is 19.6 Å². The van der Waals surface area contributed by atoms with Crippen molar-refractivity contribution in [3.05, 3.63) is 65.9 Å². The fraction of sp³-hybridized carbons (Fsp3) is 0.520. The van der Waals surface area contributed by atoms with Crippen LogP contribution in [0, 0.1) is 11.8 Å². The monoisotopic (exact) mass is 916 g/mol. The molecule has 0 radical (unpaired) electrons. The van der Waals surface area contributed by atoms with Crippen LogP contribution in [-0.2, 0) is 30.4 Å². The van der Waals surface area contributed by atoms with E-state index in [1.54, 1.807) is 11.1 Å². The molecule has 4 amide bonds. The highest BCUT2D eigenvalue weighted by atomic mass is 16.5. The van der Waals surface area contributed by atoms with Gasteiger partial charge in [0.1, 0.15) is 36.1 Å². The van der Waals surface area contributed by atoms with Crippen molar-refractivity contribution in [2.24, 2.45) is 11.8 Å². The molecule has 67 heavy (non-hydrogen) atoms. The zero-order valence-corrected chi connectivity index (χ0v) is 38.7. The minimum absolute atomic E-state index is 0.0318. The predicted molar refractivity (Wildman–Crippen MR) is 248 cm³/mol. The number of hydrogen-bond acceptors (Lipinski definition) is 10. The number of nitrogens with one attached hydrogen (secondary N) is 4. The Morgan fingerprint density at radius 2 is 1.40 bits per heavy atom. The minimum atomic E-state index is -1.21. The van der Waals surface area contributed by atoms with Crippen LogP contribution in [0.15, 0.2) is 48.7 Å². The third kappa shape index (κ3) is 8.67. The molecule has 4 fully saturated rings. The number of aromatic amines is 2. The second-order valence-corrected chi connectivity index (χ2v) is 19.4. The van der Waals surface area contributed by atoms with Gasteiger partial charge in [0.05, 0.1) is 66.5 Å². The number of methoxy groups -OCH3 is 1. The molecule has 0 saturated carbocycles. The van der Waals surface area contributed by atoms with Crippen LogP contribution in [0.5, 0.6) is 5.75 Å². The first kappa shape index (κ1) is 44.6. The van der Waals surface area contributed by atoms with E-state index >= 15 is 0 Å². The van der Waals surface area contributed by atoms with Crippen LogP contribution in [-0.4, -0.2) is 116 Å². The number of amides is 4. The molecule has 5 N–H and O–H groups in total. The summed E-state index contributed by atoms with van der Waals surface area (Å²) in [5.41, 5.74) is 6.50. The van der Waals surface area contributed by atoms with Crippen LogP contribution in [0.25, 0.3) is 44.2 Å². The molecule has 17 heteroatoms. The Hall–Kier alpha value is -6.20. The van der Waals surface area contributed by atoms with E-state index in [4.69, 9.17) is 28.9 Å². The molecule has 7 heterocycles. The van der Waals surface area contributed by atoms with Crippen molar-refractivity contribution >= 4 is 45.8 Å². The Morgan fingerprint density at radius 3 is 2.03 bits per heavy atom. The van der Waals surface area contributed by atoms with Crippen molar-refractivity contribution in [3.63, 3.8) is 0 Å². The fourth-order valence-corrected chi connectivity index (χ4v) is 11.8. The van der Waals surface area contributed by atoms with E-state index in [2.05, 4.69) is 57.0 Å². The van der Waals surface area contributed by atoms with E-state index in [0.29, 0.717) is 57.0 Å². The lowest BCUT2D eigenvalue weighted by Crippen LogP contribution is -2.54. The average molecular weight is 917 g/mol. The molecule has 5 aromatic rings. The number of alkyl carbamates (subject to hydrolysis) is 1. The zero-order chi connectivity index (χ0) is 46.7. The van der Waals surface area contributed by atoms with E-state index in [-0.39, 0.29) is 60.1 Å². The van der Waals surface area contributed by atoms with Gasteiger partial charge in [0, 0.05) is 24.0 Å². The highest BCUT2D eigenvalue weighted by molar-refractivity contribution is 6.07. The van der Waals surface area contributed by atoms with Crippen LogP contribution < -0.4 is 15.4 Å². The number of fused-ring (bicyclic) bond motifs is 6. The number of H-pyrrole nitrogens is 2. The quantitative estimate of drug-likeness (QED) is 0.0964. The number of carbonyl (C=O) groups is 4. The van der Waals surface area contributed by atoms with Crippen molar-refractivity contribution in [3.8, 4) is 28.1 Å². The van der Waals surface area contributed by atoms with E-state index in [0.717, 1.165) is 81.2 Å². The molecule has 0 aliphatic carbocycles. The zero-order valence-electron chi connectivity index (χ0n) is 38.7. The first-order valence-electron chi connectivity index (χ1n) is 23.8. The van der Waals surface area contributed by atoms with E-state index < -0.39 is 24.3 Å². The summed E-state index contributed by atoms with van der Waals surface area (Å²) in [4.78, 5) is 73.6. The smallest absolute Gasteiger partial charge is 0.407 e. The molecular formula is C50H60N8O9. The van der Waals surface area contributed by atoms with Crippen LogP contribution in [0.2, 0.25) is 0 Å². The number of carbonyl (C=O) groups excluding carboxylic acids is 3. The summed E-state index contributed by atoms with van der Waals surface area (Å²) in [5.74, 6) is 1.53. The van der Waals surface area contributed by atoms with Crippen molar-refractivity contribution in [1.82, 2.24) is 40.4 Å². The second-order valence-electron chi connectivity index (χ2n) is 19.4. The molecule has 4 saturated heterocycles. The summed E-state index contributed by atoms with van der Waals surface area (Å²) in [7, 11) is 1.31. The molecule has 0 bridgehead atoms. The first-order valence-corrected chi connectivity index (χ1v) is 23.8. The second kappa shape index (κ2) is 18.1. The van der Waals surface area contributed by atoms with E-state index in [1.165, 1.54) is 7.11 Å². The molecule has 0 spiro atoms. The maximum atomic E-state index is 14.4. The largest absolute Gasteiger partial charge is 0.488 e. The van der Waals surface area contributed by atoms with Gasteiger partial charge in [-0.1, -0.05) is 18.2 Å². The number of rotatable bonds is 9. The van der Waals surface area contributed by atoms with Gasteiger partial charge in [-0.15, -0.1) is 0 Å². The van der Waals surface area contributed by atoms with Crippen molar-refractivity contribution < 1.29 is 43.2 Å². The van der Waals surface area contributed by atoms with Gasteiger partial charge in [0.2, 0.25) is 11.8 Å². The molecule has 8 atom stereocenters. The Labute approximate surface area is 388 Å². The molecule has 10 rings (SSSR count). The van der Waals surface area contributed by atoms with Crippen LogP contribution >= 0.6 is 0 Å². The molecule has 17 nitrogen and oxygen atoms in total. The Kier molecular flexibility index (Phi) is 12.1. The SMILES string of the molecule is COC(=O)N[C@H](C(=O)N1CCC[C@H]1c1nc2ccc3cc4c(cc3c2[nH]1)OCc1cc(-c2cnc([C@@H]3CCCN3C(=O)[C@@H](NC(=O)O)C3C[C@@H](C)O[C@H](C)C3)[nH]2)ccc1-4)C1C[C@@H](C)O[C@H](C)C1. The molecule has 0 unspecified atom stereocenters. The van der Waals surface area contributed by atoms with Crippen LogP contribution in [0.4, 0.5) is 9.59 Å². The van der Waals surface area contributed by atoms with Gasteiger partial charge in [0.25, 0.3) is 0 Å². The maximum absolute atomic E-state index is 14.4. The van der Waals surface area contributed by atoms with Crippen molar-refractivity contribution in [2.45, 2.75) is 134 Å². The Morgan fingerprint density at radius 1 is 0.776 bits per heavy atom. The lowest BCUT2D eigenvalue weighted by Gasteiger charge is -2.38. The normalized spacial score (nSPS) is 26.9. The fourth-order valence-electron chi connectivity index (χ4n) is 11.8. The van der Waals surface area contributed by atoms with Crippen LogP contribution in [0.3, 0.4) is 0 Å². The Balaban J connectivity index is 0.877. The van der Waals surface area contributed by atoms with Crippen molar-refractivity contribution in [1.29, 1.82) is 0 Å². The number of ether oxygens (including phenoxy) is 4. The van der Waals surface area contributed by atoms with Gasteiger partial charge in [-0.05, 0) is 137 Å². The highest BCUT2D eigenvalue weighted by Crippen LogP contribution is 2.44. The van der Waals surface area contributed by atoms with Gasteiger partial charge in [0.15, 0.2) is 0 Å². The number of aromatic nitrogens is 4. The van der Waals surface area contributed by atoms with Gasteiger partial charge >= 0.3 is 12.2 Å². The lowest BCUT2D eigenvalue weighted by atomic mass is 9.85. The summed E-state index contributed by atoms with van der Waals surface area (Å²) >= 11 is 0. The molecule has 2 aromatic heterocycles. The third-order valence-electron chi connectivity index (χ3n) is 14.7. The summed E-state index contributed by atoms with van der Waals surface area (Å²) in [6, 6.07) is 12.4. The minimum Gasteiger partial charge on any atom is -0.488 e. The van der Waals surface area contributed by atoms with Gasteiger partial charge in [-0.3, -0.25) is 9.59 Å². The highest BCUT2D eigenvalue weighted by Gasteiger charge is 2.44. The van der Waals surface area contributed by atoms with E-state index in [1.807, 2.05) is 38.7 Å². The summed E-state index contributed by atoms with van der Waals surface area (Å²) in [6.07, 6.45) is 5.35. The number of hydrogen-bond donors (Lipinski definition) is 5. The predicted octanol–water partition coefficient (Wildman–Crippen LogP) is 7.76. The molecule has 3 aromatic carbocycles. The molecule has 5 aliphatic heterocycles. The summed E-state index contributed by atoms with van der Waals surface area (Å²) < 4.78 is 23.3. The topological polar surface area (TPSA) is 213 Å². The molecule has 5 aliphatic rings. The Bertz CT molecular complexity index is 2700. The first-order chi connectivity index (χ1) is 32.3. The number of likely N-dealkylation sites (tertiary alicyclic amines) is 2. The average Bonchev–Trinajstić information content (AvgIpc) is 4.15. The van der Waals surface area contributed by atoms with Gasteiger partial charge < -0.3 is 54.5 Å².